The molecule has 2 N–H and O–H groups in total. The first-order valence-electron chi connectivity index (χ1n) is 7.37. The molecule has 1 atom stereocenters. The van der Waals surface area contributed by atoms with E-state index in [2.05, 4.69) is 39.0 Å². The number of hydrogen-bond donors (Lipinski definition) is 1. The van der Waals surface area contributed by atoms with Gasteiger partial charge in [-0.05, 0) is 41.4 Å². The van der Waals surface area contributed by atoms with E-state index in [9.17, 15) is 0 Å². The van der Waals surface area contributed by atoms with E-state index in [4.69, 9.17) is 10.5 Å². The lowest BCUT2D eigenvalue weighted by Crippen LogP contribution is -2.21. The average molecular weight is 261 g/mol. The number of hydrogen-bond acceptors (Lipinski definition) is 2. The summed E-state index contributed by atoms with van der Waals surface area (Å²) < 4.78 is 5.49. The molecule has 2 rings (SSSR count). The van der Waals surface area contributed by atoms with Crippen molar-refractivity contribution in [3.05, 3.63) is 29.3 Å². The van der Waals surface area contributed by atoms with Crippen LogP contribution in [0.3, 0.4) is 0 Å². The minimum atomic E-state index is 0.0801. The zero-order valence-electron chi connectivity index (χ0n) is 12.7. The molecule has 1 unspecified atom stereocenters. The molecule has 0 amide bonds. The Morgan fingerprint density at radius 1 is 1.21 bits per heavy atom. The predicted molar refractivity (Wildman–Crippen MR) is 80.6 cm³/mol. The fraction of sp³-hybridized carbons (Fsp3) is 0.647. The lowest BCUT2D eigenvalue weighted by atomic mass is 9.83. The summed E-state index contributed by atoms with van der Waals surface area (Å²) in [5, 5.41) is 0. The van der Waals surface area contributed by atoms with Crippen LogP contribution in [-0.4, -0.2) is 7.11 Å². The van der Waals surface area contributed by atoms with E-state index < -0.39 is 0 Å². The second kappa shape index (κ2) is 5.54. The van der Waals surface area contributed by atoms with Gasteiger partial charge in [-0.2, -0.15) is 0 Å². The molecule has 1 saturated carbocycles. The van der Waals surface area contributed by atoms with Gasteiger partial charge >= 0.3 is 0 Å². The van der Waals surface area contributed by atoms with Crippen LogP contribution in [0, 0.1) is 5.92 Å². The normalized spacial score (nSPS) is 18.6. The molecule has 2 nitrogen and oxygen atoms in total. The molecule has 1 aromatic rings. The van der Waals surface area contributed by atoms with Gasteiger partial charge in [0, 0.05) is 6.04 Å². The predicted octanol–water partition coefficient (Wildman–Crippen LogP) is 4.18. The molecule has 19 heavy (non-hydrogen) atoms. The summed E-state index contributed by atoms with van der Waals surface area (Å²) in [6.07, 6.45) is 5.22. The molecular formula is C17H27NO. The second-order valence-corrected chi connectivity index (χ2v) is 6.78. The SMILES string of the molecule is COc1ccc(C(N)C2CCCC2)cc1C(C)(C)C. The van der Waals surface area contributed by atoms with Gasteiger partial charge in [0.1, 0.15) is 5.75 Å². The highest BCUT2D eigenvalue weighted by Crippen LogP contribution is 2.38. The number of ether oxygens (including phenoxy) is 1. The van der Waals surface area contributed by atoms with Crippen molar-refractivity contribution in [3.8, 4) is 5.75 Å². The third-order valence-corrected chi connectivity index (χ3v) is 4.32. The van der Waals surface area contributed by atoms with E-state index in [0.717, 1.165) is 5.75 Å². The van der Waals surface area contributed by atoms with Gasteiger partial charge in [-0.25, -0.2) is 0 Å². The highest BCUT2D eigenvalue weighted by Gasteiger charge is 2.25. The summed E-state index contributed by atoms with van der Waals surface area (Å²) >= 11 is 0. The van der Waals surface area contributed by atoms with Crippen LogP contribution in [0.1, 0.15) is 63.6 Å². The Bertz CT molecular complexity index is 427. The highest BCUT2D eigenvalue weighted by atomic mass is 16.5. The highest BCUT2D eigenvalue weighted by molar-refractivity contribution is 5.42. The first-order valence-corrected chi connectivity index (χ1v) is 7.37. The maximum absolute atomic E-state index is 6.46. The van der Waals surface area contributed by atoms with Crippen LogP contribution in [-0.2, 0) is 5.41 Å². The van der Waals surface area contributed by atoms with Crippen molar-refractivity contribution in [2.24, 2.45) is 11.7 Å². The molecule has 0 radical (unpaired) electrons. The van der Waals surface area contributed by atoms with E-state index in [1.165, 1.54) is 36.8 Å². The molecule has 1 fully saturated rings. The van der Waals surface area contributed by atoms with E-state index in [1.54, 1.807) is 7.11 Å². The monoisotopic (exact) mass is 261 g/mol. The standard InChI is InChI=1S/C17H27NO/c1-17(2,3)14-11-13(9-10-15(14)19-4)16(18)12-7-5-6-8-12/h9-12,16H,5-8,18H2,1-4H3. The lowest BCUT2D eigenvalue weighted by Gasteiger charge is -2.26. The zero-order valence-corrected chi connectivity index (χ0v) is 12.7. The van der Waals surface area contributed by atoms with Gasteiger partial charge in [0.05, 0.1) is 7.11 Å². The van der Waals surface area contributed by atoms with Gasteiger partial charge < -0.3 is 10.5 Å². The smallest absolute Gasteiger partial charge is 0.122 e. The molecule has 0 bridgehead atoms. The van der Waals surface area contributed by atoms with Gasteiger partial charge in [0.2, 0.25) is 0 Å². The molecule has 106 valence electrons. The van der Waals surface area contributed by atoms with Crippen molar-refractivity contribution in [3.63, 3.8) is 0 Å². The minimum absolute atomic E-state index is 0.0801. The molecule has 1 aliphatic carbocycles. The van der Waals surface area contributed by atoms with E-state index in [0.29, 0.717) is 5.92 Å². The van der Waals surface area contributed by atoms with Crippen LogP contribution in [0.15, 0.2) is 18.2 Å². The Hall–Kier alpha value is -1.02. The molecular weight excluding hydrogens is 234 g/mol. The van der Waals surface area contributed by atoms with Crippen LogP contribution in [0.2, 0.25) is 0 Å². The fourth-order valence-electron chi connectivity index (χ4n) is 3.11. The third-order valence-electron chi connectivity index (χ3n) is 4.32. The third kappa shape index (κ3) is 3.11. The Morgan fingerprint density at radius 2 is 1.84 bits per heavy atom. The average Bonchev–Trinajstić information content (AvgIpc) is 2.90. The number of benzene rings is 1. The van der Waals surface area contributed by atoms with Crippen molar-refractivity contribution in [2.75, 3.05) is 7.11 Å². The quantitative estimate of drug-likeness (QED) is 0.885. The Labute approximate surface area is 117 Å². The van der Waals surface area contributed by atoms with Crippen molar-refractivity contribution < 1.29 is 4.74 Å². The topological polar surface area (TPSA) is 35.2 Å². The summed E-state index contributed by atoms with van der Waals surface area (Å²) in [5.74, 6) is 1.62. The number of rotatable bonds is 3. The Balaban J connectivity index is 2.31. The summed E-state index contributed by atoms with van der Waals surface area (Å²) in [7, 11) is 1.74. The van der Waals surface area contributed by atoms with E-state index in [1.807, 2.05) is 0 Å². The zero-order chi connectivity index (χ0) is 14.0. The molecule has 2 heteroatoms. The minimum Gasteiger partial charge on any atom is -0.496 e. The lowest BCUT2D eigenvalue weighted by molar-refractivity contribution is 0.395. The van der Waals surface area contributed by atoms with E-state index >= 15 is 0 Å². The molecule has 0 spiro atoms. The Kier molecular flexibility index (Phi) is 4.19. The van der Waals surface area contributed by atoms with Crippen LogP contribution in [0.5, 0.6) is 5.75 Å². The van der Waals surface area contributed by atoms with Crippen molar-refractivity contribution in [1.82, 2.24) is 0 Å². The van der Waals surface area contributed by atoms with Gasteiger partial charge in [-0.15, -0.1) is 0 Å². The van der Waals surface area contributed by atoms with Gasteiger partial charge in [-0.1, -0.05) is 45.7 Å². The van der Waals surface area contributed by atoms with Crippen LogP contribution < -0.4 is 10.5 Å². The van der Waals surface area contributed by atoms with Crippen LogP contribution in [0.25, 0.3) is 0 Å². The van der Waals surface area contributed by atoms with Crippen molar-refractivity contribution >= 4 is 0 Å². The van der Waals surface area contributed by atoms with Crippen molar-refractivity contribution in [1.29, 1.82) is 0 Å². The first-order chi connectivity index (χ1) is 8.93. The van der Waals surface area contributed by atoms with E-state index in [-0.39, 0.29) is 11.5 Å². The van der Waals surface area contributed by atoms with Gasteiger partial charge in [0.25, 0.3) is 0 Å². The summed E-state index contributed by atoms with van der Waals surface area (Å²) in [5.41, 5.74) is 9.06. The molecule has 0 heterocycles. The summed E-state index contributed by atoms with van der Waals surface area (Å²) in [6.45, 7) is 6.65. The number of methoxy groups -OCH3 is 1. The first kappa shape index (κ1) is 14.4. The van der Waals surface area contributed by atoms with Crippen LogP contribution >= 0.6 is 0 Å². The van der Waals surface area contributed by atoms with Crippen molar-refractivity contribution in [2.45, 2.75) is 57.9 Å². The second-order valence-electron chi connectivity index (χ2n) is 6.78. The maximum Gasteiger partial charge on any atom is 0.122 e. The molecule has 0 saturated heterocycles. The molecule has 0 aliphatic heterocycles. The maximum atomic E-state index is 6.46. The number of nitrogens with two attached hydrogens (primary N) is 1. The fourth-order valence-corrected chi connectivity index (χ4v) is 3.11. The van der Waals surface area contributed by atoms with Crippen LogP contribution in [0.4, 0.5) is 0 Å². The summed E-state index contributed by atoms with van der Waals surface area (Å²) in [6, 6.07) is 6.64. The molecule has 1 aliphatic rings. The molecule has 1 aromatic carbocycles. The van der Waals surface area contributed by atoms with Gasteiger partial charge in [-0.3, -0.25) is 0 Å². The summed E-state index contributed by atoms with van der Waals surface area (Å²) in [4.78, 5) is 0. The molecule has 0 aromatic heterocycles. The Morgan fingerprint density at radius 3 is 2.37 bits per heavy atom. The largest absolute Gasteiger partial charge is 0.496 e. The van der Waals surface area contributed by atoms with Gasteiger partial charge in [0.15, 0.2) is 0 Å².